The Morgan fingerprint density at radius 1 is 1.29 bits per heavy atom. The summed E-state index contributed by atoms with van der Waals surface area (Å²) < 4.78 is 0. The molecule has 2 heterocycles. The quantitative estimate of drug-likeness (QED) is 0.628. The first-order valence-corrected chi connectivity index (χ1v) is 7.50. The summed E-state index contributed by atoms with van der Waals surface area (Å²) >= 11 is 0. The number of carbonyl (C=O) groups is 3. The summed E-state index contributed by atoms with van der Waals surface area (Å²) in [5.41, 5.74) is -0.813. The van der Waals surface area contributed by atoms with Gasteiger partial charge >= 0.3 is 6.03 Å². The van der Waals surface area contributed by atoms with E-state index in [4.69, 9.17) is 0 Å². The monoisotopic (exact) mass is 296 g/mol. The average Bonchev–Trinajstić information content (AvgIpc) is 2.64. The number of rotatable bonds is 4. The van der Waals surface area contributed by atoms with Gasteiger partial charge in [0.1, 0.15) is 12.1 Å². The minimum Gasteiger partial charge on any atom is -0.352 e. The van der Waals surface area contributed by atoms with Crippen molar-refractivity contribution in [1.82, 2.24) is 20.9 Å². The van der Waals surface area contributed by atoms with E-state index in [1.165, 1.54) is 0 Å². The first kappa shape index (κ1) is 15.8. The number of nitrogens with zero attached hydrogens (tertiary/aromatic N) is 1. The molecule has 21 heavy (non-hydrogen) atoms. The minimum atomic E-state index is -0.813. The van der Waals surface area contributed by atoms with Gasteiger partial charge in [-0.05, 0) is 38.8 Å². The predicted octanol–water partition coefficient (Wildman–Crippen LogP) is -0.179. The zero-order valence-electron chi connectivity index (χ0n) is 12.9. The fraction of sp³-hybridized carbons (Fsp3) is 0.786. The molecule has 0 aromatic carbocycles. The fourth-order valence-electron chi connectivity index (χ4n) is 2.62. The molecule has 118 valence electrons. The van der Waals surface area contributed by atoms with Gasteiger partial charge < -0.3 is 16.0 Å². The number of hydrogen-bond acceptors (Lipinski definition) is 4. The van der Waals surface area contributed by atoms with Crippen molar-refractivity contribution in [3.8, 4) is 0 Å². The highest BCUT2D eigenvalue weighted by molar-refractivity contribution is 6.09. The number of piperidine rings is 1. The molecular weight excluding hydrogens is 272 g/mol. The Labute approximate surface area is 124 Å². The summed E-state index contributed by atoms with van der Waals surface area (Å²) in [6, 6.07) is -0.458. The molecule has 7 heteroatoms. The zero-order valence-corrected chi connectivity index (χ0v) is 12.9. The van der Waals surface area contributed by atoms with Gasteiger partial charge in [-0.3, -0.25) is 14.5 Å². The van der Waals surface area contributed by atoms with Gasteiger partial charge in [0.15, 0.2) is 0 Å². The molecule has 1 spiro atoms. The number of urea groups is 1. The van der Waals surface area contributed by atoms with Crippen molar-refractivity contribution < 1.29 is 14.4 Å². The van der Waals surface area contributed by atoms with E-state index < -0.39 is 11.6 Å². The third kappa shape index (κ3) is 3.18. The van der Waals surface area contributed by atoms with Crippen LogP contribution in [0.25, 0.3) is 0 Å². The van der Waals surface area contributed by atoms with E-state index in [-0.39, 0.29) is 24.4 Å². The second kappa shape index (κ2) is 6.01. The van der Waals surface area contributed by atoms with Crippen molar-refractivity contribution in [3.63, 3.8) is 0 Å². The number of hydrogen-bond donors (Lipinski definition) is 3. The Morgan fingerprint density at radius 2 is 1.90 bits per heavy atom. The van der Waals surface area contributed by atoms with E-state index in [1.807, 2.05) is 20.8 Å². The number of imide groups is 1. The molecule has 4 amide bonds. The van der Waals surface area contributed by atoms with Crippen molar-refractivity contribution in [3.05, 3.63) is 0 Å². The van der Waals surface area contributed by atoms with Crippen LogP contribution >= 0.6 is 0 Å². The van der Waals surface area contributed by atoms with Crippen molar-refractivity contribution in [2.45, 2.75) is 45.2 Å². The average molecular weight is 296 g/mol. The molecule has 0 radical (unpaired) electrons. The van der Waals surface area contributed by atoms with Crippen molar-refractivity contribution in [1.29, 1.82) is 0 Å². The molecule has 0 bridgehead atoms. The van der Waals surface area contributed by atoms with E-state index >= 15 is 0 Å². The Hall–Kier alpha value is -1.63. The molecule has 0 aromatic heterocycles. The molecule has 2 aliphatic heterocycles. The molecule has 1 atom stereocenters. The summed E-state index contributed by atoms with van der Waals surface area (Å²) in [6.45, 7) is 7.08. The maximum absolute atomic E-state index is 12.5. The third-order valence-electron chi connectivity index (χ3n) is 4.39. The summed E-state index contributed by atoms with van der Waals surface area (Å²) in [4.78, 5) is 37.5. The molecule has 2 rings (SSSR count). The Bertz CT molecular complexity index is 444. The second-order valence-corrected chi connectivity index (χ2v) is 6.25. The number of nitrogens with one attached hydrogen (secondary N) is 3. The molecule has 0 aliphatic carbocycles. The van der Waals surface area contributed by atoms with E-state index in [0.717, 1.165) is 4.90 Å². The minimum absolute atomic E-state index is 0.00565. The Morgan fingerprint density at radius 3 is 2.48 bits per heavy atom. The SMILES string of the molecule is CC(C)C(C)NC(=O)CN1C(=O)NC2(CCNCC2)C1=O. The van der Waals surface area contributed by atoms with Gasteiger partial charge in [-0.15, -0.1) is 0 Å². The molecule has 0 saturated carbocycles. The van der Waals surface area contributed by atoms with Crippen molar-refractivity contribution >= 4 is 17.8 Å². The van der Waals surface area contributed by atoms with Crippen LogP contribution in [0.4, 0.5) is 4.79 Å². The van der Waals surface area contributed by atoms with E-state index in [1.54, 1.807) is 0 Å². The molecule has 2 fully saturated rings. The van der Waals surface area contributed by atoms with Crippen LogP contribution < -0.4 is 16.0 Å². The maximum Gasteiger partial charge on any atom is 0.325 e. The van der Waals surface area contributed by atoms with Gasteiger partial charge in [0.05, 0.1) is 0 Å². The first-order valence-electron chi connectivity index (χ1n) is 7.50. The largest absolute Gasteiger partial charge is 0.352 e. The van der Waals surface area contributed by atoms with Gasteiger partial charge in [0.25, 0.3) is 5.91 Å². The van der Waals surface area contributed by atoms with Crippen LogP contribution in [0.2, 0.25) is 0 Å². The molecular formula is C14H24N4O3. The van der Waals surface area contributed by atoms with Gasteiger partial charge in [-0.2, -0.15) is 0 Å². The lowest BCUT2D eigenvalue weighted by atomic mass is 9.88. The molecule has 7 nitrogen and oxygen atoms in total. The Balaban J connectivity index is 1.99. The molecule has 2 aliphatic rings. The number of amides is 4. The lowest BCUT2D eigenvalue weighted by Gasteiger charge is -2.31. The molecule has 0 aromatic rings. The standard InChI is InChI=1S/C14H24N4O3/c1-9(2)10(3)16-11(19)8-18-12(20)14(17-13(18)21)4-6-15-7-5-14/h9-10,15H,4-8H2,1-3H3,(H,16,19)(H,17,21). The van der Waals surface area contributed by atoms with Crippen LogP contribution in [0.3, 0.4) is 0 Å². The fourth-order valence-corrected chi connectivity index (χ4v) is 2.62. The van der Waals surface area contributed by atoms with Gasteiger partial charge in [-0.25, -0.2) is 4.79 Å². The summed E-state index contributed by atoms with van der Waals surface area (Å²) in [6.07, 6.45) is 1.14. The Kier molecular flexibility index (Phi) is 4.51. The highest BCUT2D eigenvalue weighted by Crippen LogP contribution is 2.26. The number of carbonyl (C=O) groups excluding carboxylic acids is 3. The lowest BCUT2D eigenvalue weighted by Crippen LogP contribution is -2.54. The van der Waals surface area contributed by atoms with Crippen molar-refractivity contribution in [2.24, 2.45) is 5.92 Å². The second-order valence-electron chi connectivity index (χ2n) is 6.25. The molecule has 1 unspecified atom stereocenters. The van der Waals surface area contributed by atoms with Crippen LogP contribution in [-0.4, -0.2) is 54.0 Å². The first-order chi connectivity index (χ1) is 9.85. The summed E-state index contributed by atoms with van der Waals surface area (Å²) in [7, 11) is 0. The van der Waals surface area contributed by atoms with Gasteiger partial charge in [-0.1, -0.05) is 13.8 Å². The van der Waals surface area contributed by atoms with Gasteiger partial charge in [0, 0.05) is 6.04 Å². The highest BCUT2D eigenvalue weighted by Gasteiger charge is 2.51. The molecule has 3 N–H and O–H groups in total. The van der Waals surface area contributed by atoms with E-state index in [0.29, 0.717) is 31.8 Å². The van der Waals surface area contributed by atoms with Crippen LogP contribution in [-0.2, 0) is 9.59 Å². The molecule has 2 saturated heterocycles. The van der Waals surface area contributed by atoms with Crippen LogP contribution in [0.1, 0.15) is 33.6 Å². The summed E-state index contributed by atoms with van der Waals surface area (Å²) in [5.74, 6) is -0.278. The van der Waals surface area contributed by atoms with Crippen LogP contribution in [0, 0.1) is 5.92 Å². The lowest BCUT2D eigenvalue weighted by molar-refractivity contribution is -0.135. The van der Waals surface area contributed by atoms with Crippen LogP contribution in [0.15, 0.2) is 0 Å². The van der Waals surface area contributed by atoms with E-state index in [2.05, 4.69) is 16.0 Å². The predicted molar refractivity (Wildman–Crippen MR) is 77.5 cm³/mol. The smallest absolute Gasteiger partial charge is 0.325 e. The highest BCUT2D eigenvalue weighted by atomic mass is 16.2. The van der Waals surface area contributed by atoms with Gasteiger partial charge in [0.2, 0.25) is 5.91 Å². The maximum atomic E-state index is 12.5. The van der Waals surface area contributed by atoms with Crippen molar-refractivity contribution in [2.75, 3.05) is 19.6 Å². The third-order valence-corrected chi connectivity index (χ3v) is 4.39. The van der Waals surface area contributed by atoms with Crippen LogP contribution in [0.5, 0.6) is 0 Å². The van der Waals surface area contributed by atoms with E-state index in [9.17, 15) is 14.4 Å². The zero-order chi connectivity index (χ0) is 15.6. The summed E-state index contributed by atoms with van der Waals surface area (Å²) in [5, 5.41) is 8.75. The normalized spacial score (nSPS) is 22.6. The topological polar surface area (TPSA) is 90.5 Å².